The fourth-order valence-corrected chi connectivity index (χ4v) is 1.62. The van der Waals surface area contributed by atoms with E-state index in [4.69, 9.17) is 4.74 Å². The van der Waals surface area contributed by atoms with Crippen LogP contribution in [0, 0.1) is 0 Å². The quantitative estimate of drug-likeness (QED) is 0.516. The van der Waals surface area contributed by atoms with E-state index in [2.05, 4.69) is 5.32 Å². The molecule has 1 amide bonds. The van der Waals surface area contributed by atoms with Gasteiger partial charge in [0.2, 0.25) is 5.91 Å². The Bertz CT molecular complexity index is 640. The first-order chi connectivity index (χ1) is 9.56. The number of rotatable bonds is 3. The third-order valence-electron chi connectivity index (χ3n) is 2.51. The van der Waals surface area contributed by atoms with Gasteiger partial charge in [-0.15, -0.1) is 0 Å². The Morgan fingerprint density at radius 2 is 1.67 bits per heavy atom. The monoisotopic (exact) mass is 327 g/mol. The minimum atomic E-state index is -0.643. The van der Waals surface area contributed by atoms with Crippen LogP contribution in [0.4, 0.5) is 5.69 Å². The van der Waals surface area contributed by atoms with Gasteiger partial charge in [0.05, 0.1) is 0 Å². The zero-order chi connectivity index (χ0) is 14.5. The van der Waals surface area contributed by atoms with Crippen molar-refractivity contribution in [2.45, 2.75) is 6.92 Å². The van der Waals surface area contributed by atoms with Gasteiger partial charge in [0.15, 0.2) is 0 Å². The number of aromatic hydroxyl groups is 1. The number of amides is 1. The number of hydrogen-bond donors (Lipinski definition) is 2. The largest absolute Gasteiger partial charge is 0.507 e. The van der Waals surface area contributed by atoms with Gasteiger partial charge in [-0.05, 0) is 36.4 Å². The molecule has 0 fully saturated rings. The van der Waals surface area contributed by atoms with Gasteiger partial charge in [-0.3, -0.25) is 4.79 Å². The number of phenolic OH excluding ortho intramolecular Hbond substituents is 1. The Hall–Kier alpha value is -2.30. The van der Waals surface area contributed by atoms with Crippen molar-refractivity contribution in [2.24, 2.45) is 0 Å². The van der Waals surface area contributed by atoms with Crippen LogP contribution >= 0.6 is 0 Å². The molecule has 0 aliphatic rings. The Morgan fingerprint density at radius 1 is 1.05 bits per heavy atom. The summed E-state index contributed by atoms with van der Waals surface area (Å²) < 4.78 is 5.13. The topological polar surface area (TPSA) is 75.6 Å². The maximum Gasteiger partial charge on any atom is 0.347 e. The molecule has 0 heterocycles. The fraction of sp³-hybridized carbons (Fsp3) is 0.0667. The van der Waals surface area contributed by atoms with Crippen molar-refractivity contribution in [3.05, 3.63) is 54.1 Å². The molecule has 2 rings (SSSR count). The molecule has 0 aliphatic heterocycles. The van der Waals surface area contributed by atoms with E-state index >= 15 is 0 Å². The van der Waals surface area contributed by atoms with Crippen molar-refractivity contribution >= 4 is 17.6 Å². The van der Waals surface area contributed by atoms with Crippen LogP contribution in [0.15, 0.2) is 48.5 Å². The number of esters is 1. The molecule has 21 heavy (non-hydrogen) atoms. The molecule has 0 radical (unpaired) electrons. The van der Waals surface area contributed by atoms with Crippen molar-refractivity contribution in [3.63, 3.8) is 0 Å². The molecule has 6 heteroatoms. The zero-order valence-electron chi connectivity index (χ0n) is 11.1. The second-order valence-corrected chi connectivity index (χ2v) is 4.11. The van der Waals surface area contributed by atoms with E-state index in [1.165, 1.54) is 19.1 Å². The Balaban J connectivity index is 0.00000220. The molecule has 0 saturated carbocycles. The van der Waals surface area contributed by atoms with Crippen LogP contribution in [-0.2, 0) is 21.9 Å². The maximum absolute atomic E-state index is 11.8. The number of carbonyl (C=O) groups is 2. The molecule has 2 N–H and O–H groups in total. The minimum Gasteiger partial charge on any atom is -0.507 e. The first-order valence-electron chi connectivity index (χ1n) is 5.94. The van der Waals surface area contributed by atoms with Gasteiger partial charge in [-0.2, -0.15) is 0 Å². The average Bonchev–Trinajstić information content (AvgIpc) is 2.41. The predicted molar refractivity (Wildman–Crippen MR) is 73.8 cm³/mol. The molecule has 110 valence electrons. The van der Waals surface area contributed by atoms with Crippen LogP contribution in [0.25, 0.3) is 0 Å². The molecule has 0 aromatic heterocycles. The standard InChI is InChI=1S/C15H13NO4.Fe/c1-10(17)16-11-6-8-12(9-7-11)20-15(19)13-4-2-3-5-14(13)18;/h2-9,18H,1H3,(H,16,17);. The van der Waals surface area contributed by atoms with E-state index in [9.17, 15) is 14.7 Å². The molecule has 5 nitrogen and oxygen atoms in total. The van der Waals surface area contributed by atoms with Crippen molar-refractivity contribution in [1.82, 2.24) is 0 Å². The summed E-state index contributed by atoms with van der Waals surface area (Å²) >= 11 is 0. The van der Waals surface area contributed by atoms with E-state index < -0.39 is 5.97 Å². The van der Waals surface area contributed by atoms with Gasteiger partial charge >= 0.3 is 5.97 Å². The number of para-hydroxylation sites is 1. The van der Waals surface area contributed by atoms with Crippen LogP contribution in [0.1, 0.15) is 17.3 Å². The second kappa shape index (κ2) is 7.47. The fourth-order valence-electron chi connectivity index (χ4n) is 1.62. The molecule has 0 unspecified atom stereocenters. The summed E-state index contributed by atoms with van der Waals surface area (Å²) in [6.07, 6.45) is 0. The summed E-state index contributed by atoms with van der Waals surface area (Å²) in [6, 6.07) is 12.5. The minimum absolute atomic E-state index is 0. The zero-order valence-corrected chi connectivity index (χ0v) is 12.2. The Labute approximate surface area is 132 Å². The molecule has 0 bridgehead atoms. The number of nitrogens with one attached hydrogen (secondary N) is 1. The Morgan fingerprint density at radius 3 is 2.24 bits per heavy atom. The van der Waals surface area contributed by atoms with Gasteiger partial charge in [0, 0.05) is 29.7 Å². The number of anilines is 1. The number of hydrogen-bond acceptors (Lipinski definition) is 4. The molecule has 0 spiro atoms. The Kier molecular flexibility index (Phi) is 5.96. The van der Waals surface area contributed by atoms with Crippen molar-refractivity contribution < 1.29 is 36.5 Å². The number of carbonyl (C=O) groups excluding carboxylic acids is 2. The van der Waals surface area contributed by atoms with E-state index in [0.717, 1.165) is 0 Å². The SMILES string of the molecule is CC(=O)Nc1ccc(OC(=O)c2ccccc2O)cc1.[Fe]. The molecule has 2 aromatic rings. The second-order valence-electron chi connectivity index (χ2n) is 4.11. The summed E-state index contributed by atoms with van der Waals surface area (Å²) in [6.45, 7) is 1.41. The van der Waals surface area contributed by atoms with Crippen LogP contribution < -0.4 is 10.1 Å². The maximum atomic E-state index is 11.8. The predicted octanol–water partition coefficient (Wildman–Crippen LogP) is 2.57. The molecule has 0 aliphatic carbocycles. The molecular weight excluding hydrogens is 314 g/mol. The average molecular weight is 327 g/mol. The van der Waals surface area contributed by atoms with Crippen LogP contribution in [0.5, 0.6) is 11.5 Å². The summed E-state index contributed by atoms with van der Waals surface area (Å²) in [7, 11) is 0. The third kappa shape index (κ3) is 4.63. The van der Waals surface area contributed by atoms with Gasteiger partial charge in [-0.1, -0.05) is 12.1 Å². The first kappa shape index (κ1) is 16.8. The van der Waals surface area contributed by atoms with E-state index in [0.29, 0.717) is 11.4 Å². The van der Waals surface area contributed by atoms with Crippen molar-refractivity contribution in [1.29, 1.82) is 0 Å². The van der Waals surface area contributed by atoms with Crippen LogP contribution in [-0.4, -0.2) is 17.0 Å². The van der Waals surface area contributed by atoms with E-state index in [1.807, 2.05) is 0 Å². The smallest absolute Gasteiger partial charge is 0.347 e. The van der Waals surface area contributed by atoms with Gasteiger partial charge in [-0.25, -0.2) is 4.79 Å². The molecule has 0 atom stereocenters. The normalized spacial score (nSPS) is 9.38. The summed E-state index contributed by atoms with van der Waals surface area (Å²) in [5.74, 6) is -0.626. The van der Waals surface area contributed by atoms with Gasteiger partial charge < -0.3 is 15.2 Å². The van der Waals surface area contributed by atoms with Crippen molar-refractivity contribution in [2.75, 3.05) is 5.32 Å². The first-order valence-corrected chi connectivity index (χ1v) is 5.94. The molecule has 2 aromatic carbocycles. The van der Waals surface area contributed by atoms with Crippen LogP contribution in [0.3, 0.4) is 0 Å². The van der Waals surface area contributed by atoms with E-state index in [-0.39, 0.29) is 34.3 Å². The van der Waals surface area contributed by atoms with Gasteiger partial charge in [0.25, 0.3) is 0 Å². The van der Waals surface area contributed by atoms with Crippen molar-refractivity contribution in [3.8, 4) is 11.5 Å². The number of benzene rings is 2. The molecular formula is C15H13FeNO4. The molecule has 0 saturated heterocycles. The third-order valence-corrected chi connectivity index (χ3v) is 2.51. The van der Waals surface area contributed by atoms with Crippen LogP contribution in [0.2, 0.25) is 0 Å². The summed E-state index contributed by atoms with van der Waals surface area (Å²) in [4.78, 5) is 22.7. The number of phenols is 1. The van der Waals surface area contributed by atoms with Gasteiger partial charge in [0.1, 0.15) is 17.1 Å². The number of ether oxygens (including phenoxy) is 1. The summed E-state index contributed by atoms with van der Waals surface area (Å²) in [5, 5.41) is 12.2. The summed E-state index contributed by atoms with van der Waals surface area (Å²) in [5.41, 5.74) is 0.707. The van der Waals surface area contributed by atoms with E-state index in [1.54, 1.807) is 36.4 Å².